The second-order valence-corrected chi connectivity index (χ2v) is 11.5. The van der Waals surface area contributed by atoms with Crippen molar-refractivity contribution in [2.45, 2.75) is 65.8 Å². The van der Waals surface area contributed by atoms with E-state index in [1.54, 1.807) is 0 Å². The molecule has 1 saturated carbocycles. The molecule has 0 saturated heterocycles. The highest BCUT2D eigenvalue weighted by Gasteiger charge is 2.45. The summed E-state index contributed by atoms with van der Waals surface area (Å²) >= 11 is 0. The van der Waals surface area contributed by atoms with Crippen molar-refractivity contribution in [2.24, 2.45) is 11.3 Å². The van der Waals surface area contributed by atoms with Crippen LogP contribution in [0.25, 0.3) is 11.3 Å². The predicted molar refractivity (Wildman–Crippen MR) is 140 cm³/mol. The molecule has 8 heteroatoms. The Morgan fingerprint density at radius 3 is 2.49 bits per heavy atom. The number of benzene rings is 1. The maximum Gasteiger partial charge on any atom is 0.341 e. The number of fused-ring (bicyclic) bond motifs is 1. The molecule has 1 aromatic heterocycles. The number of pyridine rings is 1. The van der Waals surface area contributed by atoms with Gasteiger partial charge < -0.3 is 19.3 Å². The molecule has 0 spiro atoms. The minimum atomic E-state index is -2.60. The fourth-order valence-electron chi connectivity index (χ4n) is 5.40. The average molecular weight is 515 g/mol. The summed E-state index contributed by atoms with van der Waals surface area (Å²) in [6.07, 6.45) is 1.90. The zero-order valence-electron chi connectivity index (χ0n) is 22.4. The molecule has 0 bridgehead atoms. The van der Waals surface area contributed by atoms with Crippen LogP contribution in [-0.4, -0.2) is 46.7 Å². The zero-order valence-corrected chi connectivity index (χ0v) is 22.4. The normalized spacial score (nSPS) is 21.7. The van der Waals surface area contributed by atoms with Crippen LogP contribution in [0.15, 0.2) is 35.3 Å². The molecule has 2 aliphatic rings. The third-order valence-electron chi connectivity index (χ3n) is 7.60. The first-order chi connectivity index (χ1) is 17.2. The maximum atomic E-state index is 13.4. The Morgan fingerprint density at radius 2 is 1.92 bits per heavy atom. The van der Waals surface area contributed by atoms with Crippen molar-refractivity contribution in [3.05, 3.63) is 62.4 Å². The number of halogens is 2. The number of rotatable bonds is 5. The smallest absolute Gasteiger partial charge is 0.341 e. The molecule has 1 aromatic carbocycles. The fourth-order valence-corrected chi connectivity index (χ4v) is 5.40. The Morgan fingerprint density at radius 1 is 1.24 bits per heavy atom. The molecule has 1 unspecified atom stereocenters. The van der Waals surface area contributed by atoms with E-state index >= 15 is 0 Å². The van der Waals surface area contributed by atoms with E-state index in [0.29, 0.717) is 18.0 Å². The largest absolute Gasteiger partial charge is 0.493 e. The summed E-state index contributed by atoms with van der Waals surface area (Å²) in [6, 6.07) is 7.05. The van der Waals surface area contributed by atoms with Crippen molar-refractivity contribution < 1.29 is 23.4 Å². The Hall–Kier alpha value is -3.16. The van der Waals surface area contributed by atoms with Crippen molar-refractivity contribution >= 4 is 17.2 Å². The molecular weight excluding hydrogens is 478 g/mol. The number of alkyl halides is 2. The highest BCUT2D eigenvalue weighted by Crippen LogP contribution is 2.42. The second kappa shape index (κ2) is 9.62. The predicted octanol–water partition coefficient (Wildman–Crippen LogP) is 4.24. The summed E-state index contributed by atoms with van der Waals surface area (Å²) in [5.74, 6) is -3.40. The van der Waals surface area contributed by atoms with Crippen LogP contribution in [0.5, 0.6) is 5.75 Å². The van der Waals surface area contributed by atoms with Crippen molar-refractivity contribution in [1.82, 2.24) is 9.47 Å². The van der Waals surface area contributed by atoms with Gasteiger partial charge in [-0.15, -0.1) is 0 Å². The van der Waals surface area contributed by atoms with E-state index in [0.717, 1.165) is 28.1 Å². The average Bonchev–Trinajstić information content (AvgIpc) is 2.79. The molecule has 1 N–H and O–H groups in total. The van der Waals surface area contributed by atoms with E-state index in [2.05, 4.69) is 25.7 Å². The second-order valence-electron chi connectivity index (χ2n) is 11.5. The van der Waals surface area contributed by atoms with Gasteiger partial charge in [0.2, 0.25) is 5.92 Å². The Kier molecular flexibility index (Phi) is 6.99. The Bertz CT molecular complexity index is 1400. The van der Waals surface area contributed by atoms with Crippen LogP contribution in [0.4, 0.5) is 8.78 Å². The highest BCUT2D eigenvalue weighted by molar-refractivity contribution is 5.87. The lowest BCUT2D eigenvalue weighted by Crippen LogP contribution is -2.46. The Balaban J connectivity index is 1.97. The number of hydrogen-bond donors (Lipinski definition) is 1. The van der Waals surface area contributed by atoms with Gasteiger partial charge in [0.15, 0.2) is 5.43 Å². The maximum absolute atomic E-state index is 13.4. The van der Waals surface area contributed by atoms with Crippen LogP contribution in [0.2, 0.25) is 0 Å². The number of carboxylic acids is 1. The van der Waals surface area contributed by atoms with Crippen LogP contribution in [0.3, 0.4) is 0 Å². The van der Waals surface area contributed by atoms with Crippen LogP contribution in [0.1, 0.15) is 76.0 Å². The molecule has 37 heavy (non-hydrogen) atoms. The van der Waals surface area contributed by atoms with E-state index in [1.165, 1.54) is 12.3 Å². The van der Waals surface area contributed by atoms with Crippen LogP contribution >= 0.6 is 0 Å². The zero-order chi connectivity index (χ0) is 27.3. The molecule has 1 fully saturated rings. The topological polar surface area (TPSA) is 71.8 Å². The summed E-state index contributed by atoms with van der Waals surface area (Å²) in [5.41, 5.74) is 1.51. The number of aromatic nitrogens is 1. The minimum Gasteiger partial charge on any atom is -0.493 e. The van der Waals surface area contributed by atoms with E-state index in [1.807, 2.05) is 43.7 Å². The van der Waals surface area contributed by atoms with Crippen molar-refractivity contribution in [3.63, 3.8) is 0 Å². The molecule has 4 rings (SSSR count). The first kappa shape index (κ1) is 26.9. The molecule has 6 nitrogen and oxygen atoms in total. The van der Waals surface area contributed by atoms with Gasteiger partial charge in [-0.2, -0.15) is 0 Å². The van der Waals surface area contributed by atoms with E-state index in [-0.39, 0.29) is 42.4 Å². The quantitative estimate of drug-likeness (QED) is 0.646. The first-order valence-corrected chi connectivity index (χ1v) is 12.8. The van der Waals surface area contributed by atoms with Crippen molar-refractivity contribution in [3.8, 4) is 5.75 Å². The third kappa shape index (κ3) is 5.15. The number of carbonyl (C=O) groups is 1. The standard InChI is InChI=1S/C29H36F2N2O4/c1-7-17(2)25-19(9-8-10-23(25)37-16-18-12-29(30,31)13-18)26-21-11-22(34)20(27(35)36)14-33(21)24(15-32(26)6)28(3,4)5/h8-11,14,18,24H,7,12-13,15-16H2,1-6H3,(H,35,36)/b25-17+,26-19-. The third-order valence-corrected chi connectivity index (χ3v) is 7.60. The lowest BCUT2D eigenvalue weighted by atomic mass is 9.82. The lowest BCUT2D eigenvalue weighted by molar-refractivity contribution is -0.119. The SMILES string of the molecule is CC/C(C)=c1/c(OCC2CC(F)(F)C2)ccc/c1=C1\c2cc(=O)c(C(=O)O)cn2C(C(C)(C)C)CN1C. The van der Waals surface area contributed by atoms with E-state index < -0.39 is 17.3 Å². The van der Waals surface area contributed by atoms with Crippen LogP contribution in [-0.2, 0) is 0 Å². The molecule has 2 aromatic rings. The first-order valence-electron chi connectivity index (χ1n) is 12.8. The van der Waals surface area contributed by atoms with Crippen molar-refractivity contribution in [1.29, 1.82) is 0 Å². The fraction of sp³-hybridized carbons (Fsp3) is 0.517. The summed E-state index contributed by atoms with van der Waals surface area (Å²) in [6.45, 7) is 11.2. The molecule has 1 aliphatic carbocycles. The van der Waals surface area contributed by atoms with Crippen LogP contribution in [0, 0.1) is 11.3 Å². The van der Waals surface area contributed by atoms with Crippen molar-refractivity contribution in [2.75, 3.05) is 20.2 Å². The van der Waals surface area contributed by atoms with Gasteiger partial charge >= 0.3 is 5.97 Å². The molecular formula is C29H36F2N2O4. The molecule has 0 radical (unpaired) electrons. The monoisotopic (exact) mass is 514 g/mol. The Labute approximate surface area is 215 Å². The van der Waals surface area contributed by atoms with E-state index in [9.17, 15) is 23.5 Å². The number of aromatic carboxylic acids is 1. The number of ether oxygens (including phenoxy) is 1. The lowest BCUT2D eigenvalue weighted by Gasteiger charge is -2.43. The van der Waals surface area contributed by atoms with Gasteiger partial charge in [0, 0.05) is 55.1 Å². The summed E-state index contributed by atoms with van der Waals surface area (Å²) < 4.78 is 34.8. The summed E-state index contributed by atoms with van der Waals surface area (Å²) in [7, 11) is 1.97. The number of nitrogens with zero attached hydrogens (tertiary/aromatic N) is 2. The van der Waals surface area contributed by atoms with Gasteiger partial charge in [-0.3, -0.25) is 4.79 Å². The van der Waals surface area contributed by atoms with E-state index in [4.69, 9.17) is 4.74 Å². The molecule has 200 valence electrons. The summed E-state index contributed by atoms with van der Waals surface area (Å²) in [4.78, 5) is 26.8. The number of hydrogen-bond acceptors (Lipinski definition) is 4. The van der Waals surface area contributed by atoms with Gasteiger partial charge in [0.1, 0.15) is 11.3 Å². The molecule has 0 amide bonds. The van der Waals surface area contributed by atoms with Gasteiger partial charge in [-0.1, -0.05) is 45.4 Å². The molecule has 2 heterocycles. The summed E-state index contributed by atoms with van der Waals surface area (Å²) in [5, 5.41) is 11.4. The van der Waals surface area contributed by atoms with Gasteiger partial charge in [-0.25, -0.2) is 13.6 Å². The van der Waals surface area contributed by atoms with Crippen LogP contribution < -0.4 is 20.6 Å². The van der Waals surface area contributed by atoms with Gasteiger partial charge in [0.25, 0.3) is 0 Å². The van der Waals surface area contributed by atoms with Gasteiger partial charge in [-0.05, 0) is 24.8 Å². The molecule has 1 atom stereocenters. The highest BCUT2D eigenvalue weighted by atomic mass is 19.3. The molecule has 1 aliphatic heterocycles. The van der Waals surface area contributed by atoms with Gasteiger partial charge in [0.05, 0.1) is 24.0 Å². The minimum absolute atomic E-state index is 0.0747. The number of likely N-dealkylation sites (N-methyl/N-ethyl adjacent to an activating group) is 1. The number of carboxylic acid groups (broad SMARTS) is 1.